The molecule has 0 saturated heterocycles. The van der Waals surface area contributed by atoms with E-state index in [1.165, 1.54) is 12.8 Å². The van der Waals surface area contributed by atoms with Gasteiger partial charge in [-0.25, -0.2) is 4.79 Å². The van der Waals surface area contributed by atoms with E-state index in [4.69, 9.17) is 10.5 Å². The van der Waals surface area contributed by atoms with E-state index in [9.17, 15) is 4.79 Å². The molecule has 0 atom stereocenters. The Kier molecular flexibility index (Phi) is 12.5. The SMILES string of the molecule is CN(CCCN)CCCCN(C)CCCNC(=O)OCc1ccccc1. The largest absolute Gasteiger partial charge is 0.445 e. The summed E-state index contributed by atoms with van der Waals surface area (Å²) in [5, 5.41) is 2.81. The number of nitrogens with one attached hydrogen (secondary N) is 1. The fourth-order valence-corrected chi connectivity index (χ4v) is 2.66. The van der Waals surface area contributed by atoms with Crippen molar-refractivity contribution in [3.8, 4) is 0 Å². The Balaban J connectivity index is 1.95. The molecule has 0 spiro atoms. The maximum Gasteiger partial charge on any atom is 0.407 e. The summed E-state index contributed by atoms with van der Waals surface area (Å²) in [5.41, 5.74) is 6.52. The molecule has 0 unspecified atom stereocenters. The maximum atomic E-state index is 11.7. The minimum absolute atomic E-state index is 0.312. The normalized spacial score (nSPS) is 11.1. The molecule has 0 aromatic heterocycles. The van der Waals surface area contributed by atoms with Crippen LogP contribution in [-0.4, -0.2) is 69.3 Å². The van der Waals surface area contributed by atoms with Gasteiger partial charge in [0.1, 0.15) is 6.61 Å². The highest BCUT2D eigenvalue weighted by molar-refractivity contribution is 5.67. The lowest BCUT2D eigenvalue weighted by atomic mass is 10.2. The minimum atomic E-state index is -0.350. The van der Waals surface area contributed by atoms with Crippen molar-refractivity contribution >= 4 is 6.09 Å². The van der Waals surface area contributed by atoms with Crippen LogP contribution in [0, 0.1) is 0 Å². The third kappa shape index (κ3) is 11.8. The van der Waals surface area contributed by atoms with Crippen molar-refractivity contribution in [3.63, 3.8) is 0 Å². The van der Waals surface area contributed by atoms with Crippen molar-refractivity contribution < 1.29 is 9.53 Å². The van der Waals surface area contributed by atoms with Crippen molar-refractivity contribution in [3.05, 3.63) is 35.9 Å². The summed E-state index contributed by atoms with van der Waals surface area (Å²) >= 11 is 0. The molecule has 0 aliphatic heterocycles. The Morgan fingerprint density at radius 1 is 0.962 bits per heavy atom. The summed E-state index contributed by atoms with van der Waals surface area (Å²) in [6.45, 7) is 5.99. The third-order valence-corrected chi connectivity index (χ3v) is 4.27. The van der Waals surface area contributed by atoms with E-state index < -0.39 is 0 Å². The number of carbonyl (C=O) groups is 1. The number of ether oxygens (including phenoxy) is 1. The lowest BCUT2D eigenvalue weighted by Gasteiger charge is -2.19. The molecule has 0 heterocycles. The first-order chi connectivity index (χ1) is 12.6. The van der Waals surface area contributed by atoms with Gasteiger partial charge in [-0.05, 0) is 78.1 Å². The molecule has 6 heteroatoms. The van der Waals surface area contributed by atoms with Gasteiger partial charge in [0.2, 0.25) is 0 Å². The zero-order valence-corrected chi connectivity index (χ0v) is 16.5. The van der Waals surface area contributed by atoms with Crippen LogP contribution in [0.1, 0.15) is 31.2 Å². The average Bonchev–Trinajstić information content (AvgIpc) is 2.66. The standard InChI is InChI=1S/C20H36N4O2/c1-23(16-8-12-21)14-6-7-15-24(2)17-9-13-22-20(25)26-18-19-10-4-3-5-11-19/h3-5,10-11H,6-9,12-18,21H2,1-2H3,(H,22,25). The predicted molar refractivity (Wildman–Crippen MR) is 107 cm³/mol. The second-order valence-corrected chi connectivity index (χ2v) is 6.80. The van der Waals surface area contributed by atoms with Crippen LogP contribution in [0.25, 0.3) is 0 Å². The monoisotopic (exact) mass is 364 g/mol. The second kappa shape index (κ2) is 14.5. The second-order valence-electron chi connectivity index (χ2n) is 6.80. The average molecular weight is 365 g/mol. The molecule has 0 fully saturated rings. The number of amides is 1. The fourth-order valence-electron chi connectivity index (χ4n) is 2.66. The number of hydrogen-bond donors (Lipinski definition) is 2. The Morgan fingerprint density at radius 2 is 1.54 bits per heavy atom. The Morgan fingerprint density at radius 3 is 2.15 bits per heavy atom. The van der Waals surface area contributed by atoms with E-state index in [1.54, 1.807) is 0 Å². The van der Waals surface area contributed by atoms with E-state index in [0.29, 0.717) is 13.2 Å². The summed E-state index contributed by atoms with van der Waals surface area (Å²) in [6, 6.07) is 9.70. The predicted octanol–water partition coefficient (Wildman–Crippen LogP) is 2.30. The van der Waals surface area contributed by atoms with Crippen molar-refractivity contribution in [1.82, 2.24) is 15.1 Å². The summed E-state index contributed by atoms with van der Waals surface area (Å²) in [5.74, 6) is 0. The number of nitrogens with zero attached hydrogens (tertiary/aromatic N) is 2. The van der Waals surface area contributed by atoms with Gasteiger partial charge < -0.3 is 25.6 Å². The Labute approximate surface area is 158 Å². The van der Waals surface area contributed by atoms with Gasteiger partial charge in [0, 0.05) is 6.54 Å². The molecular weight excluding hydrogens is 328 g/mol. The van der Waals surface area contributed by atoms with Crippen molar-refractivity contribution in [2.45, 2.75) is 32.3 Å². The quantitative estimate of drug-likeness (QED) is 0.496. The van der Waals surface area contributed by atoms with E-state index in [-0.39, 0.29) is 6.09 Å². The first kappa shape index (κ1) is 22.4. The van der Waals surface area contributed by atoms with Crippen LogP contribution in [0.2, 0.25) is 0 Å². The molecule has 1 rings (SSSR count). The van der Waals surface area contributed by atoms with Gasteiger partial charge in [-0.15, -0.1) is 0 Å². The van der Waals surface area contributed by atoms with Gasteiger partial charge in [-0.1, -0.05) is 30.3 Å². The number of unbranched alkanes of at least 4 members (excludes halogenated alkanes) is 1. The molecule has 1 aromatic rings. The third-order valence-electron chi connectivity index (χ3n) is 4.27. The highest BCUT2D eigenvalue weighted by atomic mass is 16.5. The first-order valence-corrected chi connectivity index (χ1v) is 9.63. The van der Waals surface area contributed by atoms with Crippen LogP contribution >= 0.6 is 0 Å². The smallest absolute Gasteiger partial charge is 0.407 e. The maximum absolute atomic E-state index is 11.7. The zero-order chi connectivity index (χ0) is 19.0. The highest BCUT2D eigenvalue weighted by Gasteiger charge is 2.03. The highest BCUT2D eigenvalue weighted by Crippen LogP contribution is 2.00. The molecule has 26 heavy (non-hydrogen) atoms. The summed E-state index contributed by atoms with van der Waals surface area (Å²) in [4.78, 5) is 16.3. The molecule has 0 saturated carbocycles. The molecule has 1 amide bonds. The first-order valence-electron chi connectivity index (χ1n) is 9.63. The molecule has 6 nitrogen and oxygen atoms in total. The Hall–Kier alpha value is -1.63. The number of nitrogens with two attached hydrogens (primary N) is 1. The van der Waals surface area contributed by atoms with Gasteiger partial charge in [0.05, 0.1) is 0 Å². The zero-order valence-electron chi connectivity index (χ0n) is 16.5. The number of hydrogen-bond acceptors (Lipinski definition) is 5. The summed E-state index contributed by atoms with van der Waals surface area (Å²) < 4.78 is 5.19. The molecular formula is C20H36N4O2. The van der Waals surface area contributed by atoms with Gasteiger partial charge in [0.25, 0.3) is 0 Å². The van der Waals surface area contributed by atoms with Crippen LogP contribution in [0.3, 0.4) is 0 Å². The van der Waals surface area contributed by atoms with Gasteiger partial charge in [-0.3, -0.25) is 0 Å². The van der Waals surface area contributed by atoms with Crippen LogP contribution in [0.4, 0.5) is 4.79 Å². The van der Waals surface area contributed by atoms with Gasteiger partial charge >= 0.3 is 6.09 Å². The molecule has 0 aliphatic rings. The molecule has 3 N–H and O–H groups in total. The van der Waals surface area contributed by atoms with Crippen molar-refractivity contribution in [2.75, 3.05) is 53.4 Å². The lowest BCUT2D eigenvalue weighted by Crippen LogP contribution is -2.29. The van der Waals surface area contributed by atoms with Gasteiger partial charge in [-0.2, -0.15) is 0 Å². The van der Waals surface area contributed by atoms with E-state index in [0.717, 1.165) is 51.1 Å². The van der Waals surface area contributed by atoms with E-state index in [1.807, 2.05) is 30.3 Å². The van der Waals surface area contributed by atoms with Crippen molar-refractivity contribution in [2.24, 2.45) is 5.73 Å². The molecule has 0 aliphatic carbocycles. The van der Waals surface area contributed by atoms with Crippen LogP contribution in [-0.2, 0) is 11.3 Å². The number of carbonyl (C=O) groups excluding carboxylic acids is 1. The number of alkyl carbamates (subject to hydrolysis) is 1. The summed E-state index contributed by atoms with van der Waals surface area (Å²) in [7, 11) is 4.29. The summed E-state index contributed by atoms with van der Waals surface area (Å²) in [6.07, 6.45) is 4.03. The van der Waals surface area contributed by atoms with E-state index in [2.05, 4.69) is 29.2 Å². The Bertz CT molecular complexity index is 470. The van der Waals surface area contributed by atoms with Gasteiger partial charge in [0.15, 0.2) is 0 Å². The molecule has 1 aromatic carbocycles. The van der Waals surface area contributed by atoms with E-state index >= 15 is 0 Å². The molecule has 0 bridgehead atoms. The molecule has 0 radical (unpaired) electrons. The lowest BCUT2D eigenvalue weighted by molar-refractivity contribution is 0.139. The molecule has 148 valence electrons. The fraction of sp³-hybridized carbons (Fsp3) is 0.650. The van der Waals surface area contributed by atoms with Crippen LogP contribution in [0.5, 0.6) is 0 Å². The van der Waals surface area contributed by atoms with Crippen molar-refractivity contribution in [1.29, 1.82) is 0 Å². The topological polar surface area (TPSA) is 70.8 Å². The minimum Gasteiger partial charge on any atom is -0.445 e. The number of rotatable bonds is 14. The number of benzene rings is 1. The van der Waals surface area contributed by atoms with Crippen LogP contribution in [0.15, 0.2) is 30.3 Å². The van der Waals surface area contributed by atoms with Crippen LogP contribution < -0.4 is 11.1 Å².